The molecule has 18 heavy (non-hydrogen) atoms. The van der Waals surface area contributed by atoms with E-state index >= 15 is 0 Å². The summed E-state index contributed by atoms with van der Waals surface area (Å²) in [6, 6.07) is 14.1. The normalized spacial score (nSPS) is 12.1. The molecule has 0 N–H and O–H groups in total. The first-order valence-electron chi connectivity index (χ1n) is 5.93. The second kappa shape index (κ2) is 5.05. The van der Waals surface area contributed by atoms with Gasteiger partial charge < -0.3 is 4.74 Å². The van der Waals surface area contributed by atoms with Crippen molar-refractivity contribution in [2.45, 2.75) is 20.0 Å². The van der Waals surface area contributed by atoms with Crippen LogP contribution in [0.5, 0.6) is 0 Å². The predicted molar refractivity (Wildman–Crippen MR) is 73.3 cm³/mol. The minimum atomic E-state index is -0.351. The van der Waals surface area contributed by atoms with Crippen LogP contribution in [0.3, 0.4) is 0 Å². The lowest BCUT2D eigenvalue weighted by Gasteiger charge is -2.15. The Kier molecular flexibility index (Phi) is 3.47. The largest absolute Gasteiger partial charge is 0.454 e. The molecule has 0 spiro atoms. The van der Waals surface area contributed by atoms with Gasteiger partial charge in [0.1, 0.15) is 6.10 Å². The molecule has 0 amide bonds. The molecule has 2 heteroatoms. The second-order valence-corrected chi connectivity index (χ2v) is 4.40. The third-order valence-electron chi connectivity index (χ3n) is 2.89. The average molecular weight is 240 g/mol. The van der Waals surface area contributed by atoms with Crippen molar-refractivity contribution in [3.05, 3.63) is 60.2 Å². The number of benzene rings is 2. The van der Waals surface area contributed by atoms with Crippen molar-refractivity contribution in [3.8, 4) is 0 Å². The van der Waals surface area contributed by atoms with Crippen LogP contribution in [0.25, 0.3) is 10.8 Å². The van der Waals surface area contributed by atoms with Crippen LogP contribution in [-0.4, -0.2) is 5.97 Å². The summed E-state index contributed by atoms with van der Waals surface area (Å²) in [5.74, 6) is -0.351. The zero-order chi connectivity index (χ0) is 13.1. The van der Waals surface area contributed by atoms with Crippen LogP contribution in [-0.2, 0) is 9.53 Å². The van der Waals surface area contributed by atoms with Gasteiger partial charge in [-0.3, -0.25) is 0 Å². The number of esters is 1. The van der Waals surface area contributed by atoms with Crippen molar-refractivity contribution in [2.24, 2.45) is 0 Å². The Balaban J connectivity index is 2.36. The summed E-state index contributed by atoms with van der Waals surface area (Å²) < 4.78 is 5.37. The number of hydrogen-bond acceptors (Lipinski definition) is 2. The maximum absolute atomic E-state index is 11.5. The van der Waals surface area contributed by atoms with Crippen LogP contribution in [0.1, 0.15) is 25.5 Å². The summed E-state index contributed by atoms with van der Waals surface area (Å²) in [6.45, 7) is 7.12. The highest BCUT2D eigenvalue weighted by atomic mass is 16.5. The van der Waals surface area contributed by atoms with Crippen molar-refractivity contribution in [3.63, 3.8) is 0 Å². The van der Waals surface area contributed by atoms with Gasteiger partial charge in [-0.25, -0.2) is 4.79 Å². The van der Waals surface area contributed by atoms with Crippen LogP contribution in [0.2, 0.25) is 0 Å². The van der Waals surface area contributed by atoms with E-state index in [-0.39, 0.29) is 12.1 Å². The number of hydrogen-bond donors (Lipinski definition) is 0. The molecule has 0 saturated heterocycles. The molecule has 0 heterocycles. The first-order chi connectivity index (χ1) is 8.59. The highest BCUT2D eigenvalue weighted by Crippen LogP contribution is 2.26. The molecule has 2 nitrogen and oxygen atoms in total. The molecule has 2 aromatic carbocycles. The fourth-order valence-corrected chi connectivity index (χ4v) is 1.93. The highest BCUT2D eigenvalue weighted by molar-refractivity contribution is 5.88. The van der Waals surface area contributed by atoms with Crippen LogP contribution >= 0.6 is 0 Å². The van der Waals surface area contributed by atoms with E-state index in [9.17, 15) is 4.79 Å². The van der Waals surface area contributed by atoms with Gasteiger partial charge in [-0.2, -0.15) is 0 Å². The van der Waals surface area contributed by atoms with E-state index in [0.29, 0.717) is 5.57 Å². The Morgan fingerprint density at radius 1 is 1.17 bits per heavy atom. The van der Waals surface area contributed by atoms with Crippen LogP contribution < -0.4 is 0 Å². The first-order valence-corrected chi connectivity index (χ1v) is 5.93. The minimum Gasteiger partial charge on any atom is -0.454 e. The molecular formula is C16H16O2. The zero-order valence-corrected chi connectivity index (χ0v) is 10.6. The molecule has 1 unspecified atom stereocenters. The van der Waals surface area contributed by atoms with Crippen molar-refractivity contribution < 1.29 is 9.53 Å². The van der Waals surface area contributed by atoms with Gasteiger partial charge in [-0.15, -0.1) is 0 Å². The third kappa shape index (κ3) is 2.43. The number of fused-ring (bicyclic) bond motifs is 1. The van der Waals surface area contributed by atoms with Gasteiger partial charge in [0.2, 0.25) is 0 Å². The van der Waals surface area contributed by atoms with E-state index in [1.165, 1.54) is 0 Å². The molecule has 0 aromatic heterocycles. The SMILES string of the molecule is C=C(C)C(=O)OC(C)c1cccc2ccccc12. The van der Waals surface area contributed by atoms with Crippen molar-refractivity contribution in [1.82, 2.24) is 0 Å². The van der Waals surface area contributed by atoms with E-state index in [4.69, 9.17) is 4.74 Å². The summed E-state index contributed by atoms with van der Waals surface area (Å²) >= 11 is 0. The van der Waals surface area contributed by atoms with E-state index in [0.717, 1.165) is 16.3 Å². The van der Waals surface area contributed by atoms with Crippen molar-refractivity contribution >= 4 is 16.7 Å². The molecule has 0 aliphatic carbocycles. The maximum Gasteiger partial charge on any atom is 0.333 e. The number of ether oxygens (including phenoxy) is 1. The average Bonchev–Trinajstić information content (AvgIpc) is 2.37. The smallest absolute Gasteiger partial charge is 0.333 e. The third-order valence-corrected chi connectivity index (χ3v) is 2.89. The maximum atomic E-state index is 11.5. The predicted octanol–water partition coefficient (Wildman–Crippen LogP) is 4.02. The van der Waals surface area contributed by atoms with Gasteiger partial charge in [0.15, 0.2) is 0 Å². The molecule has 0 fully saturated rings. The van der Waals surface area contributed by atoms with Crippen molar-refractivity contribution in [2.75, 3.05) is 0 Å². The van der Waals surface area contributed by atoms with Gasteiger partial charge >= 0.3 is 5.97 Å². The molecule has 0 aliphatic heterocycles. The molecule has 92 valence electrons. The summed E-state index contributed by atoms with van der Waals surface area (Å²) in [5, 5.41) is 2.26. The van der Waals surface area contributed by atoms with Crippen LogP contribution in [0.15, 0.2) is 54.6 Å². The first kappa shape index (κ1) is 12.4. The van der Waals surface area contributed by atoms with E-state index in [1.54, 1.807) is 6.92 Å². The summed E-state index contributed by atoms with van der Waals surface area (Å²) in [5.41, 5.74) is 1.43. The Morgan fingerprint density at radius 2 is 1.83 bits per heavy atom. The fourth-order valence-electron chi connectivity index (χ4n) is 1.93. The Labute approximate surface area is 107 Å². The van der Waals surface area contributed by atoms with E-state index < -0.39 is 0 Å². The molecule has 0 bridgehead atoms. The number of rotatable bonds is 3. The highest BCUT2D eigenvalue weighted by Gasteiger charge is 2.14. The van der Waals surface area contributed by atoms with E-state index in [2.05, 4.69) is 6.58 Å². The second-order valence-electron chi connectivity index (χ2n) is 4.40. The van der Waals surface area contributed by atoms with Crippen LogP contribution in [0, 0.1) is 0 Å². The van der Waals surface area contributed by atoms with Gasteiger partial charge in [-0.05, 0) is 30.2 Å². The monoisotopic (exact) mass is 240 g/mol. The molecule has 0 aliphatic rings. The minimum absolute atomic E-state index is 0.278. The topological polar surface area (TPSA) is 26.3 Å². The summed E-state index contributed by atoms with van der Waals surface area (Å²) in [7, 11) is 0. The fraction of sp³-hybridized carbons (Fsp3) is 0.188. The lowest BCUT2D eigenvalue weighted by molar-refractivity contribution is -0.143. The lowest BCUT2D eigenvalue weighted by atomic mass is 10.0. The quantitative estimate of drug-likeness (QED) is 0.598. The van der Waals surface area contributed by atoms with Crippen molar-refractivity contribution in [1.29, 1.82) is 0 Å². The van der Waals surface area contributed by atoms with E-state index in [1.807, 2.05) is 49.4 Å². The number of carbonyl (C=O) groups excluding carboxylic acids is 1. The molecule has 0 radical (unpaired) electrons. The zero-order valence-electron chi connectivity index (χ0n) is 10.6. The van der Waals surface area contributed by atoms with Gasteiger partial charge in [0.05, 0.1) is 0 Å². The number of carbonyl (C=O) groups is 1. The summed E-state index contributed by atoms with van der Waals surface area (Å²) in [4.78, 5) is 11.5. The Bertz CT molecular complexity index is 594. The molecule has 2 aromatic rings. The molecule has 2 rings (SSSR count). The molecular weight excluding hydrogens is 224 g/mol. The van der Waals surface area contributed by atoms with Gasteiger partial charge in [-0.1, -0.05) is 49.0 Å². The Morgan fingerprint density at radius 3 is 2.56 bits per heavy atom. The Hall–Kier alpha value is -2.09. The molecule has 0 saturated carbocycles. The summed E-state index contributed by atoms with van der Waals surface area (Å²) in [6.07, 6.45) is -0.278. The van der Waals surface area contributed by atoms with Gasteiger partial charge in [0.25, 0.3) is 0 Å². The van der Waals surface area contributed by atoms with Gasteiger partial charge in [0, 0.05) is 5.57 Å². The lowest BCUT2D eigenvalue weighted by Crippen LogP contribution is -2.09. The molecule has 1 atom stereocenters. The van der Waals surface area contributed by atoms with Crippen LogP contribution in [0.4, 0.5) is 0 Å². The standard InChI is InChI=1S/C16H16O2/c1-11(2)16(17)18-12(3)14-10-6-8-13-7-4-5-9-15(13)14/h4-10,12H,1H2,2-3H3.